The number of aromatic nitrogens is 1. The normalized spacial score (nSPS) is 15.3. The quantitative estimate of drug-likeness (QED) is 0.748. The van der Waals surface area contributed by atoms with Crippen LogP contribution in [0.4, 0.5) is 0 Å². The smallest absolute Gasteiger partial charge is 0.253 e. The topological polar surface area (TPSA) is 60.5 Å². The standard InChI is InChI=1S/C22H22N2O3/c1-3-26-19-11-16-10-14(2)27-20(16)12-17(19)13-24-22(25)18-8-4-6-15-7-5-9-23-21(15)18/h4-9,11-12,14H,3,10,13H2,1-2H3,(H,24,25). The Balaban J connectivity index is 1.58. The third-order valence-corrected chi connectivity index (χ3v) is 4.70. The summed E-state index contributed by atoms with van der Waals surface area (Å²) in [6.45, 7) is 4.94. The molecular formula is C22H22N2O3. The summed E-state index contributed by atoms with van der Waals surface area (Å²) in [5.41, 5.74) is 3.33. The van der Waals surface area contributed by atoms with Crippen molar-refractivity contribution in [2.45, 2.75) is 32.9 Å². The highest BCUT2D eigenvalue weighted by atomic mass is 16.5. The van der Waals surface area contributed by atoms with Crippen molar-refractivity contribution in [2.24, 2.45) is 0 Å². The molecule has 4 rings (SSSR count). The lowest BCUT2D eigenvalue weighted by molar-refractivity contribution is 0.0952. The Bertz CT molecular complexity index is 995. The maximum Gasteiger partial charge on any atom is 0.253 e. The Labute approximate surface area is 158 Å². The molecule has 27 heavy (non-hydrogen) atoms. The largest absolute Gasteiger partial charge is 0.494 e. The van der Waals surface area contributed by atoms with Gasteiger partial charge in [-0.15, -0.1) is 0 Å². The number of para-hydroxylation sites is 1. The molecule has 0 fully saturated rings. The van der Waals surface area contributed by atoms with Gasteiger partial charge in [-0.25, -0.2) is 0 Å². The van der Waals surface area contributed by atoms with E-state index >= 15 is 0 Å². The summed E-state index contributed by atoms with van der Waals surface area (Å²) in [6.07, 6.45) is 2.75. The molecule has 0 saturated carbocycles. The van der Waals surface area contributed by atoms with Gasteiger partial charge in [0.2, 0.25) is 0 Å². The third-order valence-electron chi connectivity index (χ3n) is 4.70. The van der Waals surface area contributed by atoms with Crippen LogP contribution in [0.3, 0.4) is 0 Å². The van der Waals surface area contributed by atoms with Gasteiger partial charge in [0.05, 0.1) is 17.7 Å². The van der Waals surface area contributed by atoms with Gasteiger partial charge in [0, 0.05) is 35.7 Å². The molecule has 2 heterocycles. The van der Waals surface area contributed by atoms with Crippen molar-refractivity contribution in [1.29, 1.82) is 0 Å². The van der Waals surface area contributed by atoms with E-state index in [4.69, 9.17) is 9.47 Å². The van der Waals surface area contributed by atoms with Crippen molar-refractivity contribution in [3.8, 4) is 11.5 Å². The summed E-state index contributed by atoms with van der Waals surface area (Å²) in [6, 6.07) is 13.4. The Morgan fingerprint density at radius 3 is 3.00 bits per heavy atom. The van der Waals surface area contributed by atoms with E-state index in [-0.39, 0.29) is 12.0 Å². The second kappa shape index (κ2) is 7.27. The highest BCUT2D eigenvalue weighted by molar-refractivity contribution is 6.05. The highest BCUT2D eigenvalue weighted by Crippen LogP contribution is 2.35. The average Bonchev–Trinajstić information content (AvgIpc) is 3.04. The van der Waals surface area contributed by atoms with Gasteiger partial charge in [-0.3, -0.25) is 9.78 Å². The predicted molar refractivity (Wildman–Crippen MR) is 104 cm³/mol. The van der Waals surface area contributed by atoms with E-state index in [1.54, 1.807) is 12.3 Å². The Morgan fingerprint density at radius 1 is 1.30 bits per heavy atom. The predicted octanol–water partition coefficient (Wildman–Crippen LogP) is 3.89. The van der Waals surface area contributed by atoms with Crippen LogP contribution in [0.2, 0.25) is 0 Å². The third kappa shape index (κ3) is 3.45. The minimum atomic E-state index is -0.156. The summed E-state index contributed by atoms with van der Waals surface area (Å²) >= 11 is 0. The van der Waals surface area contributed by atoms with Gasteiger partial charge in [0.25, 0.3) is 5.91 Å². The Hall–Kier alpha value is -3.08. The zero-order valence-corrected chi connectivity index (χ0v) is 15.5. The fourth-order valence-corrected chi connectivity index (χ4v) is 3.47. The van der Waals surface area contributed by atoms with Gasteiger partial charge in [-0.1, -0.05) is 18.2 Å². The van der Waals surface area contributed by atoms with Crippen molar-refractivity contribution in [3.05, 3.63) is 65.4 Å². The molecule has 0 saturated heterocycles. The lowest BCUT2D eigenvalue weighted by Gasteiger charge is -2.14. The molecule has 0 bridgehead atoms. The van der Waals surface area contributed by atoms with Crippen molar-refractivity contribution in [1.82, 2.24) is 10.3 Å². The van der Waals surface area contributed by atoms with Crippen LogP contribution in [0.5, 0.6) is 11.5 Å². The van der Waals surface area contributed by atoms with Gasteiger partial charge < -0.3 is 14.8 Å². The number of fused-ring (bicyclic) bond motifs is 2. The molecule has 1 amide bonds. The maximum atomic E-state index is 12.8. The fraction of sp³-hybridized carbons (Fsp3) is 0.273. The maximum absolute atomic E-state index is 12.8. The van der Waals surface area contributed by atoms with Crippen molar-refractivity contribution in [2.75, 3.05) is 6.61 Å². The number of carbonyl (C=O) groups excluding carboxylic acids is 1. The Morgan fingerprint density at radius 2 is 2.15 bits per heavy atom. The number of amides is 1. The number of hydrogen-bond donors (Lipinski definition) is 1. The molecule has 5 nitrogen and oxygen atoms in total. The van der Waals surface area contributed by atoms with Crippen molar-refractivity contribution >= 4 is 16.8 Å². The van der Waals surface area contributed by atoms with E-state index in [0.717, 1.165) is 34.4 Å². The van der Waals surface area contributed by atoms with Gasteiger partial charge in [-0.2, -0.15) is 0 Å². The van der Waals surface area contributed by atoms with Gasteiger partial charge in [-0.05, 0) is 38.1 Å². The summed E-state index contributed by atoms with van der Waals surface area (Å²) in [5, 5.41) is 3.94. The summed E-state index contributed by atoms with van der Waals surface area (Å²) < 4.78 is 11.6. The van der Waals surface area contributed by atoms with Crippen LogP contribution in [0, 0.1) is 0 Å². The van der Waals surface area contributed by atoms with Crippen LogP contribution in [0.15, 0.2) is 48.7 Å². The first-order valence-corrected chi connectivity index (χ1v) is 9.23. The first-order valence-electron chi connectivity index (χ1n) is 9.23. The number of nitrogens with one attached hydrogen (secondary N) is 1. The first kappa shape index (κ1) is 17.3. The molecule has 5 heteroatoms. The van der Waals surface area contributed by atoms with Crippen molar-refractivity contribution in [3.63, 3.8) is 0 Å². The molecule has 1 N–H and O–H groups in total. The summed E-state index contributed by atoms with van der Waals surface area (Å²) in [4.78, 5) is 17.1. The molecule has 1 aliphatic heterocycles. The van der Waals surface area contributed by atoms with E-state index in [1.165, 1.54) is 0 Å². The van der Waals surface area contributed by atoms with Crippen LogP contribution in [0.25, 0.3) is 10.9 Å². The van der Waals surface area contributed by atoms with Crippen LogP contribution in [0.1, 0.15) is 35.3 Å². The molecule has 3 aromatic rings. The number of hydrogen-bond acceptors (Lipinski definition) is 4. The molecule has 2 aromatic carbocycles. The molecule has 0 aliphatic carbocycles. The molecule has 1 aromatic heterocycles. The van der Waals surface area contributed by atoms with Crippen LogP contribution in [-0.2, 0) is 13.0 Å². The van der Waals surface area contributed by atoms with Crippen molar-refractivity contribution < 1.29 is 14.3 Å². The average molecular weight is 362 g/mol. The fourth-order valence-electron chi connectivity index (χ4n) is 3.47. The van der Waals surface area contributed by atoms with Crippen LogP contribution >= 0.6 is 0 Å². The first-order chi connectivity index (χ1) is 13.2. The van der Waals surface area contributed by atoms with Gasteiger partial charge in [0.1, 0.15) is 17.6 Å². The Kier molecular flexibility index (Phi) is 4.67. The highest BCUT2D eigenvalue weighted by Gasteiger charge is 2.22. The SMILES string of the molecule is CCOc1cc2c(cc1CNC(=O)c1cccc3cccnc13)OC(C)C2. The number of rotatable bonds is 5. The number of ether oxygens (including phenoxy) is 2. The number of benzene rings is 2. The minimum absolute atomic E-state index is 0.156. The van der Waals surface area contributed by atoms with Gasteiger partial charge in [0.15, 0.2) is 0 Å². The second-order valence-corrected chi connectivity index (χ2v) is 6.70. The number of nitrogens with zero attached hydrogens (tertiary/aromatic N) is 1. The lowest BCUT2D eigenvalue weighted by atomic mass is 10.1. The van der Waals surface area contributed by atoms with Crippen LogP contribution < -0.4 is 14.8 Å². The number of carbonyl (C=O) groups is 1. The van der Waals surface area contributed by atoms with Gasteiger partial charge >= 0.3 is 0 Å². The molecule has 1 unspecified atom stereocenters. The van der Waals surface area contributed by atoms with E-state index in [0.29, 0.717) is 24.2 Å². The lowest BCUT2D eigenvalue weighted by Crippen LogP contribution is -2.23. The molecule has 0 radical (unpaired) electrons. The van der Waals surface area contributed by atoms with E-state index in [1.807, 2.05) is 43.3 Å². The molecule has 1 aliphatic rings. The molecular weight excluding hydrogens is 340 g/mol. The summed E-state index contributed by atoms with van der Waals surface area (Å²) in [7, 11) is 0. The summed E-state index contributed by atoms with van der Waals surface area (Å²) in [5.74, 6) is 1.52. The van der Waals surface area contributed by atoms with E-state index < -0.39 is 0 Å². The molecule has 138 valence electrons. The van der Waals surface area contributed by atoms with Crippen LogP contribution in [-0.4, -0.2) is 23.6 Å². The molecule has 0 spiro atoms. The monoisotopic (exact) mass is 362 g/mol. The zero-order valence-electron chi connectivity index (χ0n) is 15.5. The molecule has 1 atom stereocenters. The van der Waals surface area contributed by atoms with E-state index in [2.05, 4.69) is 17.2 Å². The second-order valence-electron chi connectivity index (χ2n) is 6.70. The number of pyridine rings is 1. The zero-order chi connectivity index (χ0) is 18.8. The minimum Gasteiger partial charge on any atom is -0.494 e. The van der Waals surface area contributed by atoms with E-state index in [9.17, 15) is 4.79 Å².